The Morgan fingerprint density at radius 1 is 1.33 bits per heavy atom. The van der Waals surface area contributed by atoms with Crippen molar-refractivity contribution in [1.29, 1.82) is 0 Å². The van der Waals surface area contributed by atoms with Crippen molar-refractivity contribution < 1.29 is 24.2 Å². The molecule has 0 radical (unpaired) electrons. The van der Waals surface area contributed by atoms with E-state index < -0.39 is 5.97 Å². The number of carboxylic acid groups (broad SMARTS) is 1. The van der Waals surface area contributed by atoms with Gasteiger partial charge in [-0.15, -0.1) is 0 Å². The molecule has 1 amide bonds. The lowest BCUT2D eigenvalue weighted by molar-refractivity contribution is 0.0263. The average Bonchev–Trinajstić information content (AvgIpc) is 2.98. The number of rotatable bonds is 3. The van der Waals surface area contributed by atoms with Gasteiger partial charge in [-0.1, -0.05) is 6.92 Å². The van der Waals surface area contributed by atoms with Crippen molar-refractivity contribution in [1.82, 2.24) is 4.90 Å². The summed E-state index contributed by atoms with van der Waals surface area (Å²) >= 11 is 0. The Hall–Kier alpha value is -1.82. The van der Waals surface area contributed by atoms with E-state index in [2.05, 4.69) is 0 Å². The summed E-state index contributed by atoms with van der Waals surface area (Å²) in [5.41, 5.74) is 0.0604. The van der Waals surface area contributed by atoms with E-state index in [-0.39, 0.29) is 35.4 Å². The maximum Gasteiger partial charge on any atom is 0.339 e. The highest BCUT2D eigenvalue weighted by atomic mass is 16.4. The zero-order valence-electron chi connectivity index (χ0n) is 11.9. The molecule has 1 aromatic heterocycles. The first-order chi connectivity index (χ1) is 10.0. The number of carboxylic acids is 1. The van der Waals surface area contributed by atoms with Crippen LogP contribution in [0, 0.1) is 0 Å². The highest BCUT2D eigenvalue weighted by molar-refractivity contribution is 5.96. The summed E-state index contributed by atoms with van der Waals surface area (Å²) in [6, 6.07) is 1.40. The standard InChI is InChI=1S/C15H19NO5/c1-2-12-11(15(19)20)7-13(21-12)14(18)16-8-3-4-9(16)6-10(17)5-8/h7-10,17H,2-6H2,1H3,(H,19,20). The lowest BCUT2D eigenvalue weighted by Gasteiger charge is -2.36. The molecule has 114 valence electrons. The van der Waals surface area contributed by atoms with Crippen LogP contribution >= 0.6 is 0 Å². The molecule has 0 aliphatic carbocycles. The molecule has 2 bridgehead atoms. The van der Waals surface area contributed by atoms with Crippen LogP contribution in [0.15, 0.2) is 10.5 Å². The minimum Gasteiger partial charge on any atom is -0.478 e. The Labute approximate surface area is 122 Å². The first kappa shape index (κ1) is 14.1. The van der Waals surface area contributed by atoms with Gasteiger partial charge in [0.2, 0.25) is 0 Å². The van der Waals surface area contributed by atoms with Crippen LogP contribution in [0.4, 0.5) is 0 Å². The van der Waals surface area contributed by atoms with Crippen molar-refractivity contribution in [3.8, 4) is 0 Å². The molecule has 3 heterocycles. The summed E-state index contributed by atoms with van der Waals surface area (Å²) in [6.45, 7) is 1.79. The fraction of sp³-hybridized carbons (Fsp3) is 0.600. The molecule has 6 heteroatoms. The van der Waals surface area contributed by atoms with Crippen molar-refractivity contribution in [2.45, 2.75) is 57.2 Å². The zero-order chi connectivity index (χ0) is 15.1. The average molecular weight is 293 g/mol. The predicted octanol–water partition coefficient (Wildman–Crippen LogP) is 1.67. The van der Waals surface area contributed by atoms with Crippen molar-refractivity contribution in [3.05, 3.63) is 23.2 Å². The highest BCUT2D eigenvalue weighted by Gasteiger charge is 2.44. The molecule has 2 fully saturated rings. The van der Waals surface area contributed by atoms with E-state index in [9.17, 15) is 14.7 Å². The molecule has 2 saturated heterocycles. The minimum atomic E-state index is -1.08. The molecule has 0 spiro atoms. The summed E-state index contributed by atoms with van der Waals surface area (Å²) in [7, 11) is 0. The quantitative estimate of drug-likeness (QED) is 0.884. The molecule has 0 aromatic carbocycles. The molecule has 1 aromatic rings. The van der Waals surface area contributed by atoms with E-state index >= 15 is 0 Å². The second kappa shape index (κ2) is 5.18. The highest BCUT2D eigenvalue weighted by Crippen LogP contribution is 2.37. The third-order valence-corrected chi connectivity index (χ3v) is 4.51. The van der Waals surface area contributed by atoms with Gasteiger partial charge < -0.3 is 19.5 Å². The third-order valence-electron chi connectivity index (χ3n) is 4.51. The van der Waals surface area contributed by atoms with E-state index in [1.165, 1.54) is 6.07 Å². The number of aliphatic hydroxyl groups excluding tert-OH is 1. The second-order valence-electron chi connectivity index (χ2n) is 5.83. The molecule has 2 N–H and O–H groups in total. The van der Waals surface area contributed by atoms with Gasteiger partial charge in [-0.05, 0) is 25.7 Å². The number of carbonyl (C=O) groups is 2. The number of hydrogen-bond donors (Lipinski definition) is 2. The number of carbonyl (C=O) groups excluding carboxylic acids is 1. The number of furan rings is 1. The summed E-state index contributed by atoms with van der Waals surface area (Å²) in [4.78, 5) is 25.6. The van der Waals surface area contributed by atoms with Crippen molar-refractivity contribution >= 4 is 11.9 Å². The van der Waals surface area contributed by atoms with Crippen LogP contribution in [-0.4, -0.2) is 45.2 Å². The minimum absolute atomic E-state index is 0.0368. The van der Waals surface area contributed by atoms with Crippen LogP contribution in [-0.2, 0) is 6.42 Å². The van der Waals surface area contributed by atoms with Gasteiger partial charge in [0.1, 0.15) is 11.3 Å². The van der Waals surface area contributed by atoms with Gasteiger partial charge in [-0.25, -0.2) is 4.79 Å². The van der Waals surface area contributed by atoms with Crippen molar-refractivity contribution in [3.63, 3.8) is 0 Å². The Bertz CT molecular complexity index is 565. The first-order valence-corrected chi connectivity index (χ1v) is 7.38. The van der Waals surface area contributed by atoms with Crippen LogP contribution in [0.25, 0.3) is 0 Å². The molecule has 2 unspecified atom stereocenters. The van der Waals surface area contributed by atoms with E-state index in [0.717, 1.165) is 12.8 Å². The summed E-state index contributed by atoms with van der Waals surface area (Å²) in [5, 5.41) is 18.9. The molecular formula is C15H19NO5. The van der Waals surface area contributed by atoms with Gasteiger partial charge in [-0.2, -0.15) is 0 Å². The fourth-order valence-electron chi connectivity index (χ4n) is 3.58. The number of fused-ring (bicyclic) bond motifs is 2. The molecule has 6 nitrogen and oxygen atoms in total. The molecule has 2 aliphatic heterocycles. The predicted molar refractivity (Wildman–Crippen MR) is 73.3 cm³/mol. The Morgan fingerprint density at radius 3 is 2.43 bits per heavy atom. The lowest BCUT2D eigenvalue weighted by Crippen LogP contribution is -2.47. The number of nitrogens with zero attached hydrogens (tertiary/aromatic N) is 1. The van der Waals surface area contributed by atoms with E-state index in [1.807, 2.05) is 0 Å². The van der Waals surface area contributed by atoms with Crippen molar-refractivity contribution in [2.75, 3.05) is 0 Å². The van der Waals surface area contributed by atoms with Crippen LogP contribution in [0.3, 0.4) is 0 Å². The van der Waals surface area contributed by atoms with Crippen LogP contribution < -0.4 is 0 Å². The van der Waals surface area contributed by atoms with Gasteiger partial charge in [-0.3, -0.25) is 4.79 Å². The number of aryl methyl sites for hydroxylation is 1. The van der Waals surface area contributed by atoms with Gasteiger partial charge in [0.15, 0.2) is 5.76 Å². The molecule has 21 heavy (non-hydrogen) atoms. The molecule has 3 rings (SSSR count). The van der Waals surface area contributed by atoms with Gasteiger partial charge in [0, 0.05) is 24.6 Å². The number of amides is 1. The van der Waals surface area contributed by atoms with Crippen LogP contribution in [0.5, 0.6) is 0 Å². The Balaban J connectivity index is 1.88. The molecule has 0 saturated carbocycles. The smallest absolute Gasteiger partial charge is 0.339 e. The summed E-state index contributed by atoms with van der Waals surface area (Å²) in [5.74, 6) is -0.906. The van der Waals surface area contributed by atoms with Gasteiger partial charge in [0.25, 0.3) is 5.91 Å². The number of aliphatic hydroxyl groups is 1. The molecular weight excluding hydrogens is 274 g/mol. The largest absolute Gasteiger partial charge is 0.478 e. The normalized spacial score (nSPS) is 27.9. The summed E-state index contributed by atoms with van der Waals surface area (Å²) in [6.07, 6.45) is 3.05. The second-order valence-corrected chi connectivity index (χ2v) is 5.83. The van der Waals surface area contributed by atoms with Gasteiger partial charge >= 0.3 is 5.97 Å². The maximum atomic E-state index is 12.6. The Kier molecular flexibility index (Phi) is 3.49. The summed E-state index contributed by atoms with van der Waals surface area (Å²) < 4.78 is 5.46. The lowest BCUT2D eigenvalue weighted by atomic mass is 9.99. The van der Waals surface area contributed by atoms with Crippen LogP contribution in [0.2, 0.25) is 0 Å². The number of hydrogen-bond acceptors (Lipinski definition) is 4. The SMILES string of the molecule is CCc1oc(C(=O)N2C3CCC2CC(O)C3)cc1C(=O)O. The zero-order valence-corrected chi connectivity index (χ0v) is 11.9. The Morgan fingerprint density at radius 2 is 1.95 bits per heavy atom. The number of piperidine rings is 1. The monoisotopic (exact) mass is 293 g/mol. The fourth-order valence-corrected chi connectivity index (χ4v) is 3.58. The third kappa shape index (κ3) is 2.33. The van der Waals surface area contributed by atoms with Gasteiger partial charge in [0.05, 0.1) is 6.10 Å². The van der Waals surface area contributed by atoms with Crippen LogP contribution in [0.1, 0.15) is 59.3 Å². The maximum absolute atomic E-state index is 12.6. The topological polar surface area (TPSA) is 91.0 Å². The van der Waals surface area contributed by atoms with Crippen molar-refractivity contribution in [2.24, 2.45) is 0 Å². The first-order valence-electron chi connectivity index (χ1n) is 7.38. The number of aromatic carboxylic acids is 1. The van der Waals surface area contributed by atoms with E-state index in [4.69, 9.17) is 9.52 Å². The molecule has 2 aliphatic rings. The van der Waals surface area contributed by atoms with E-state index in [0.29, 0.717) is 25.0 Å². The molecule has 2 atom stereocenters. The van der Waals surface area contributed by atoms with E-state index in [1.54, 1.807) is 11.8 Å².